The molecule has 2 aromatic rings. The van der Waals surface area contributed by atoms with Gasteiger partial charge in [0.2, 0.25) is 0 Å². The van der Waals surface area contributed by atoms with Gasteiger partial charge in [-0.3, -0.25) is 0 Å². The van der Waals surface area contributed by atoms with E-state index < -0.39 is 29.3 Å². The third kappa shape index (κ3) is 5.42. The highest BCUT2D eigenvalue weighted by atomic mass is 19.1. The molecule has 0 spiro atoms. The first-order valence-corrected chi connectivity index (χ1v) is 7.31. The van der Waals surface area contributed by atoms with Gasteiger partial charge >= 0.3 is 12.1 Å². The van der Waals surface area contributed by atoms with Gasteiger partial charge in [-0.1, -0.05) is 42.5 Å². The van der Waals surface area contributed by atoms with Crippen LogP contribution in [0.5, 0.6) is 0 Å². The zero-order valence-corrected chi connectivity index (χ0v) is 13.0. The van der Waals surface area contributed by atoms with Gasteiger partial charge in [-0.15, -0.1) is 0 Å². The van der Waals surface area contributed by atoms with Gasteiger partial charge < -0.3 is 15.2 Å². The Morgan fingerprint density at radius 1 is 1.12 bits per heavy atom. The minimum atomic E-state index is -1.49. The summed E-state index contributed by atoms with van der Waals surface area (Å²) in [5, 5.41) is 11.2. The lowest BCUT2D eigenvalue weighted by atomic mass is 10.1. The molecule has 0 radical (unpaired) electrons. The molecule has 5 nitrogen and oxygen atoms in total. The van der Waals surface area contributed by atoms with Crippen molar-refractivity contribution in [1.82, 2.24) is 5.32 Å². The lowest BCUT2D eigenvalue weighted by Crippen LogP contribution is -2.24. The van der Waals surface area contributed by atoms with Crippen LogP contribution in [0.3, 0.4) is 0 Å². The van der Waals surface area contributed by atoms with Crippen LogP contribution in [0, 0.1) is 11.6 Å². The van der Waals surface area contributed by atoms with E-state index in [0.29, 0.717) is 6.07 Å². The highest BCUT2D eigenvalue weighted by molar-refractivity contribution is 5.88. The monoisotopic (exact) mass is 347 g/mol. The molecule has 0 saturated heterocycles. The molecule has 2 aromatic carbocycles. The molecule has 7 heteroatoms. The molecule has 0 aromatic heterocycles. The van der Waals surface area contributed by atoms with Crippen molar-refractivity contribution in [2.24, 2.45) is 0 Å². The summed E-state index contributed by atoms with van der Waals surface area (Å²) in [4.78, 5) is 22.3. The number of halogens is 2. The maximum atomic E-state index is 13.6. The summed E-state index contributed by atoms with van der Waals surface area (Å²) in [7, 11) is 0. The number of alkyl carbamates (subject to hydrolysis) is 1. The van der Waals surface area contributed by atoms with Crippen LogP contribution in [0.1, 0.15) is 21.5 Å². The summed E-state index contributed by atoms with van der Waals surface area (Å²) >= 11 is 0. The minimum Gasteiger partial charge on any atom is -0.478 e. The molecule has 0 heterocycles. The largest absolute Gasteiger partial charge is 0.478 e. The summed E-state index contributed by atoms with van der Waals surface area (Å²) in [6.07, 6.45) is 1.99. The predicted octanol–water partition coefficient (Wildman–Crippen LogP) is 3.60. The second-order valence-electron chi connectivity index (χ2n) is 5.00. The maximum absolute atomic E-state index is 13.6. The third-order valence-corrected chi connectivity index (χ3v) is 3.19. The van der Waals surface area contributed by atoms with E-state index in [0.717, 1.165) is 11.6 Å². The van der Waals surface area contributed by atoms with Crippen molar-refractivity contribution in [3.8, 4) is 0 Å². The van der Waals surface area contributed by atoms with E-state index >= 15 is 0 Å². The second-order valence-corrected chi connectivity index (χ2v) is 5.00. The van der Waals surface area contributed by atoms with Crippen molar-refractivity contribution >= 4 is 18.1 Å². The number of carboxylic acids is 1. The van der Waals surface area contributed by atoms with Crippen molar-refractivity contribution in [3.63, 3.8) is 0 Å². The molecule has 1 amide bonds. The van der Waals surface area contributed by atoms with Crippen LogP contribution < -0.4 is 5.32 Å². The Bertz CT molecular complexity index is 791. The van der Waals surface area contributed by atoms with Gasteiger partial charge in [0.05, 0.1) is 5.56 Å². The lowest BCUT2D eigenvalue weighted by molar-refractivity contribution is 0.0691. The van der Waals surface area contributed by atoms with Crippen molar-refractivity contribution in [2.75, 3.05) is 6.54 Å². The average molecular weight is 347 g/mol. The van der Waals surface area contributed by atoms with Crippen LogP contribution in [-0.4, -0.2) is 23.7 Å². The molecule has 0 fully saturated rings. The first-order chi connectivity index (χ1) is 12.0. The van der Waals surface area contributed by atoms with E-state index in [1.54, 1.807) is 0 Å². The van der Waals surface area contributed by atoms with Gasteiger partial charge in [-0.2, -0.15) is 0 Å². The molecular weight excluding hydrogens is 332 g/mol. The van der Waals surface area contributed by atoms with Crippen LogP contribution >= 0.6 is 0 Å². The van der Waals surface area contributed by atoms with E-state index in [-0.39, 0.29) is 18.7 Å². The molecule has 2 rings (SSSR count). The Morgan fingerprint density at radius 3 is 2.52 bits per heavy atom. The number of aromatic carboxylic acids is 1. The number of benzene rings is 2. The number of amides is 1. The smallest absolute Gasteiger partial charge is 0.407 e. The molecule has 25 heavy (non-hydrogen) atoms. The molecular formula is C18H15F2NO4. The number of carboxylic acid groups (broad SMARTS) is 1. The SMILES string of the molecule is O=C(NCC=Cc1cc(C(=O)O)c(F)cc1F)OCc1ccccc1. The van der Waals surface area contributed by atoms with Gasteiger partial charge in [0.25, 0.3) is 0 Å². The minimum absolute atomic E-state index is 0.0346. The van der Waals surface area contributed by atoms with E-state index in [1.165, 1.54) is 12.2 Å². The van der Waals surface area contributed by atoms with Crippen LogP contribution in [0.4, 0.5) is 13.6 Å². The summed E-state index contributed by atoms with van der Waals surface area (Å²) in [5.74, 6) is -3.54. The van der Waals surface area contributed by atoms with Crippen molar-refractivity contribution in [1.29, 1.82) is 0 Å². The fraction of sp³-hybridized carbons (Fsp3) is 0.111. The first-order valence-electron chi connectivity index (χ1n) is 7.31. The maximum Gasteiger partial charge on any atom is 0.407 e. The van der Waals surface area contributed by atoms with Gasteiger partial charge in [0, 0.05) is 18.2 Å². The quantitative estimate of drug-likeness (QED) is 0.837. The van der Waals surface area contributed by atoms with E-state index in [1.807, 2.05) is 30.3 Å². The van der Waals surface area contributed by atoms with Gasteiger partial charge in [0.15, 0.2) is 0 Å². The van der Waals surface area contributed by atoms with Gasteiger partial charge in [-0.25, -0.2) is 18.4 Å². The van der Waals surface area contributed by atoms with Crippen LogP contribution in [0.25, 0.3) is 6.08 Å². The zero-order valence-electron chi connectivity index (χ0n) is 13.0. The highest BCUT2D eigenvalue weighted by Crippen LogP contribution is 2.16. The standard InChI is InChI=1S/C18H15F2NO4/c19-15-10-16(20)14(17(22)23)9-13(15)7-4-8-21-18(24)25-11-12-5-2-1-3-6-12/h1-7,9-10H,8,11H2,(H,21,24)(H,22,23). The molecule has 2 N–H and O–H groups in total. The molecule has 0 aliphatic carbocycles. The molecule has 0 unspecified atom stereocenters. The number of hydrogen-bond acceptors (Lipinski definition) is 3. The van der Waals surface area contributed by atoms with Gasteiger partial charge in [0.1, 0.15) is 18.2 Å². The average Bonchev–Trinajstić information content (AvgIpc) is 2.59. The second kappa shape index (κ2) is 8.58. The summed E-state index contributed by atoms with van der Waals surface area (Å²) in [6, 6.07) is 10.5. The van der Waals surface area contributed by atoms with Crippen LogP contribution in [-0.2, 0) is 11.3 Å². The highest BCUT2D eigenvalue weighted by Gasteiger charge is 2.13. The number of carbonyl (C=O) groups is 2. The molecule has 0 aliphatic heterocycles. The van der Waals surface area contributed by atoms with E-state index in [4.69, 9.17) is 9.84 Å². The van der Waals surface area contributed by atoms with Crippen molar-refractivity contribution < 1.29 is 28.2 Å². The van der Waals surface area contributed by atoms with Gasteiger partial charge in [-0.05, 0) is 11.6 Å². The Morgan fingerprint density at radius 2 is 1.84 bits per heavy atom. The summed E-state index contributed by atoms with van der Waals surface area (Å²) in [5.41, 5.74) is 0.109. The molecule has 0 atom stereocenters. The number of carbonyl (C=O) groups excluding carboxylic acids is 1. The van der Waals surface area contributed by atoms with Crippen molar-refractivity contribution in [2.45, 2.75) is 6.61 Å². The molecule has 130 valence electrons. The Labute approximate surface area is 142 Å². The summed E-state index contributed by atoms with van der Waals surface area (Å²) in [6.45, 7) is 0.151. The van der Waals surface area contributed by atoms with E-state index in [2.05, 4.69) is 5.32 Å². The number of ether oxygens (including phenoxy) is 1. The Kier molecular flexibility index (Phi) is 6.22. The number of nitrogens with one attached hydrogen (secondary N) is 1. The zero-order chi connectivity index (χ0) is 18.2. The Balaban J connectivity index is 1.86. The Hall–Kier alpha value is -3.22. The fourth-order valence-electron chi connectivity index (χ4n) is 1.96. The molecule has 0 bridgehead atoms. The third-order valence-electron chi connectivity index (χ3n) is 3.19. The summed E-state index contributed by atoms with van der Waals surface area (Å²) < 4.78 is 31.9. The van der Waals surface area contributed by atoms with E-state index in [9.17, 15) is 18.4 Å². The topological polar surface area (TPSA) is 75.6 Å². The first kappa shape index (κ1) is 18.1. The normalized spacial score (nSPS) is 10.6. The van der Waals surface area contributed by atoms with Crippen LogP contribution in [0.15, 0.2) is 48.5 Å². The number of hydrogen-bond donors (Lipinski definition) is 2. The lowest BCUT2D eigenvalue weighted by Gasteiger charge is -2.05. The van der Waals surface area contributed by atoms with Crippen molar-refractivity contribution in [3.05, 3.63) is 76.9 Å². The molecule has 0 aliphatic rings. The van der Waals surface area contributed by atoms with Crippen LogP contribution in [0.2, 0.25) is 0 Å². The fourth-order valence-corrected chi connectivity index (χ4v) is 1.96. The predicted molar refractivity (Wildman–Crippen MR) is 87.0 cm³/mol. The molecule has 0 saturated carbocycles. The number of rotatable bonds is 6.